The highest BCUT2D eigenvalue weighted by Crippen LogP contribution is 2.41. The first-order chi connectivity index (χ1) is 25.3. The van der Waals surface area contributed by atoms with E-state index in [4.69, 9.17) is 0 Å². The lowest BCUT2D eigenvalue weighted by atomic mass is 9.98. The fraction of sp³-hybridized carbons (Fsp3) is 0. The molecule has 2 nitrogen and oxygen atoms in total. The molecule has 11 rings (SSSR count). The molecular weight excluding hydrogens is 637 g/mol. The molecule has 0 radical (unpaired) electrons. The molecule has 0 saturated heterocycles. The van der Waals surface area contributed by atoms with Gasteiger partial charge >= 0.3 is 0 Å². The second-order valence-electron chi connectivity index (χ2n) is 13.3. The summed E-state index contributed by atoms with van der Waals surface area (Å²) in [4.78, 5) is 0. The number of benzene rings is 8. The average Bonchev–Trinajstić information content (AvgIpc) is 3.86. The van der Waals surface area contributed by atoms with Crippen molar-refractivity contribution in [3.05, 3.63) is 182 Å². The fourth-order valence-electron chi connectivity index (χ4n) is 8.24. The maximum atomic E-state index is 2.43. The third-order valence-corrected chi connectivity index (χ3v) is 11.7. The smallest absolute Gasteiger partial charge is 0.0541 e. The molecule has 238 valence electrons. The van der Waals surface area contributed by atoms with Gasteiger partial charge in [-0.2, -0.15) is 0 Å². The zero-order valence-corrected chi connectivity index (χ0v) is 28.4. The summed E-state index contributed by atoms with van der Waals surface area (Å²) in [7, 11) is 0. The van der Waals surface area contributed by atoms with E-state index in [0.29, 0.717) is 0 Å². The molecule has 3 heterocycles. The second-order valence-corrected chi connectivity index (χ2v) is 14.4. The number of aromatic nitrogens is 2. The van der Waals surface area contributed by atoms with Crippen molar-refractivity contribution in [2.75, 3.05) is 0 Å². The Morgan fingerprint density at radius 3 is 1.27 bits per heavy atom. The molecule has 0 spiro atoms. The van der Waals surface area contributed by atoms with Gasteiger partial charge in [-0.15, -0.1) is 11.3 Å². The van der Waals surface area contributed by atoms with E-state index < -0.39 is 0 Å². The number of fused-ring (bicyclic) bond motifs is 9. The van der Waals surface area contributed by atoms with Crippen LogP contribution in [0, 0.1) is 0 Å². The molecule has 0 atom stereocenters. The summed E-state index contributed by atoms with van der Waals surface area (Å²) >= 11 is 1.88. The monoisotopic (exact) mass is 666 g/mol. The first kappa shape index (κ1) is 28.4. The third kappa shape index (κ3) is 4.29. The van der Waals surface area contributed by atoms with Gasteiger partial charge in [-0.05, 0) is 70.8 Å². The van der Waals surface area contributed by atoms with E-state index in [1.54, 1.807) is 0 Å². The fourth-order valence-corrected chi connectivity index (χ4v) is 9.48. The molecule has 0 bridgehead atoms. The Bertz CT molecular complexity index is 2900. The Labute approximate surface area is 298 Å². The molecule has 0 N–H and O–H groups in total. The maximum absolute atomic E-state index is 2.43. The van der Waals surface area contributed by atoms with E-state index in [0.717, 1.165) is 11.4 Å². The Morgan fingerprint density at radius 2 is 0.745 bits per heavy atom. The Hall–Kier alpha value is -6.42. The number of thiophene rings is 1. The number of para-hydroxylation sites is 4. The van der Waals surface area contributed by atoms with E-state index in [-0.39, 0.29) is 0 Å². The first-order valence-corrected chi connectivity index (χ1v) is 18.3. The molecule has 0 amide bonds. The highest BCUT2D eigenvalue weighted by Gasteiger charge is 2.17. The number of hydrogen-bond acceptors (Lipinski definition) is 1. The van der Waals surface area contributed by atoms with Gasteiger partial charge in [0, 0.05) is 53.1 Å². The van der Waals surface area contributed by atoms with Crippen LogP contribution < -0.4 is 0 Å². The van der Waals surface area contributed by atoms with E-state index in [1.807, 2.05) is 11.3 Å². The van der Waals surface area contributed by atoms with E-state index >= 15 is 0 Å². The summed E-state index contributed by atoms with van der Waals surface area (Å²) in [6.45, 7) is 0. The van der Waals surface area contributed by atoms with E-state index in [1.165, 1.54) is 86.0 Å². The summed E-state index contributed by atoms with van der Waals surface area (Å²) in [5.41, 5.74) is 12.0. The molecule has 3 heteroatoms. The van der Waals surface area contributed by atoms with E-state index in [2.05, 4.69) is 191 Å². The van der Waals surface area contributed by atoms with Crippen LogP contribution in [0.2, 0.25) is 0 Å². The van der Waals surface area contributed by atoms with Crippen molar-refractivity contribution in [3.8, 4) is 33.6 Å². The van der Waals surface area contributed by atoms with Gasteiger partial charge in [0.2, 0.25) is 0 Å². The highest BCUT2D eigenvalue weighted by molar-refractivity contribution is 7.26. The van der Waals surface area contributed by atoms with Gasteiger partial charge in [-0.1, -0.05) is 133 Å². The lowest BCUT2D eigenvalue weighted by Gasteiger charge is -2.16. The number of rotatable bonds is 4. The lowest BCUT2D eigenvalue weighted by Crippen LogP contribution is -2.00. The Balaban J connectivity index is 1.15. The summed E-state index contributed by atoms with van der Waals surface area (Å²) in [6, 6.07) is 66.7. The zero-order chi connectivity index (χ0) is 33.5. The predicted octanol–water partition coefficient (Wildman–Crippen LogP) is 13.6. The Morgan fingerprint density at radius 1 is 0.314 bits per heavy atom. The summed E-state index contributed by atoms with van der Waals surface area (Å²) in [5.74, 6) is 0. The van der Waals surface area contributed by atoms with Crippen molar-refractivity contribution in [2.24, 2.45) is 0 Å². The van der Waals surface area contributed by atoms with Crippen molar-refractivity contribution < 1.29 is 0 Å². The molecule has 0 saturated carbocycles. The van der Waals surface area contributed by atoms with Crippen molar-refractivity contribution in [1.29, 1.82) is 0 Å². The molecule has 0 aliphatic rings. The molecule has 0 unspecified atom stereocenters. The zero-order valence-electron chi connectivity index (χ0n) is 27.6. The lowest BCUT2D eigenvalue weighted by molar-refractivity contribution is 1.13. The van der Waals surface area contributed by atoms with Crippen molar-refractivity contribution in [1.82, 2.24) is 9.13 Å². The Kier molecular flexibility index (Phi) is 6.16. The van der Waals surface area contributed by atoms with Crippen LogP contribution in [0.4, 0.5) is 0 Å². The quantitative estimate of drug-likeness (QED) is 0.177. The topological polar surface area (TPSA) is 9.86 Å². The first-order valence-electron chi connectivity index (χ1n) is 17.4. The van der Waals surface area contributed by atoms with Gasteiger partial charge in [-0.3, -0.25) is 0 Å². The van der Waals surface area contributed by atoms with Gasteiger partial charge in [0.25, 0.3) is 0 Å². The average molecular weight is 667 g/mol. The van der Waals surface area contributed by atoms with Crippen LogP contribution in [0.25, 0.3) is 97.4 Å². The summed E-state index contributed by atoms with van der Waals surface area (Å²) in [5, 5.41) is 7.70. The van der Waals surface area contributed by atoms with Gasteiger partial charge in [0.15, 0.2) is 0 Å². The van der Waals surface area contributed by atoms with Crippen LogP contribution in [0.3, 0.4) is 0 Å². The third-order valence-electron chi connectivity index (χ3n) is 10.5. The standard InChI is InChI=1S/C48H30N2S/c1-6-19-43-37(12-1)38-13-2-7-20-44(38)49(43)34-28-33(29-35(30-34)50-45-21-8-3-14-39(45)40-15-4-9-22-46(40)50)31-24-26-32(27-25-31)36-17-11-18-42-41-16-5-10-23-47(41)51-48(36)42/h1-30H. The molecule has 3 aromatic heterocycles. The predicted molar refractivity (Wildman–Crippen MR) is 219 cm³/mol. The molecule has 11 aromatic rings. The van der Waals surface area contributed by atoms with Crippen LogP contribution in [-0.2, 0) is 0 Å². The second kappa shape index (κ2) is 11.0. The molecule has 8 aromatic carbocycles. The van der Waals surface area contributed by atoms with Gasteiger partial charge in [0.05, 0.1) is 22.1 Å². The highest BCUT2D eigenvalue weighted by atomic mass is 32.1. The largest absolute Gasteiger partial charge is 0.309 e. The maximum Gasteiger partial charge on any atom is 0.0541 e. The minimum absolute atomic E-state index is 1.14. The van der Waals surface area contributed by atoms with Crippen molar-refractivity contribution in [3.63, 3.8) is 0 Å². The van der Waals surface area contributed by atoms with Crippen molar-refractivity contribution in [2.45, 2.75) is 0 Å². The van der Waals surface area contributed by atoms with Crippen molar-refractivity contribution >= 4 is 75.1 Å². The molecule has 51 heavy (non-hydrogen) atoms. The van der Waals surface area contributed by atoms with Gasteiger partial charge in [-0.25, -0.2) is 0 Å². The van der Waals surface area contributed by atoms with E-state index in [9.17, 15) is 0 Å². The number of nitrogens with zero attached hydrogens (tertiary/aromatic N) is 2. The minimum Gasteiger partial charge on any atom is -0.309 e. The van der Waals surface area contributed by atoms with Crippen LogP contribution in [0.15, 0.2) is 182 Å². The number of hydrogen-bond donors (Lipinski definition) is 0. The molecule has 0 aliphatic heterocycles. The SMILES string of the molecule is c1ccc2c(c1)sc1c(-c3ccc(-c4cc(-n5c6ccccc6c6ccccc65)cc(-n5c6ccccc6c6ccccc65)c4)cc3)cccc12. The van der Waals surface area contributed by atoms with Gasteiger partial charge < -0.3 is 9.13 Å². The molecule has 0 aliphatic carbocycles. The molecular formula is C48H30N2S. The minimum atomic E-state index is 1.14. The summed E-state index contributed by atoms with van der Waals surface area (Å²) < 4.78 is 7.54. The van der Waals surface area contributed by atoms with Crippen LogP contribution in [0.1, 0.15) is 0 Å². The van der Waals surface area contributed by atoms with Crippen LogP contribution >= 0.6 is 11.3 Å². The summed E-state index contributed by atoms with van der Waals surface area (Å²) in [6.07, 6.45) is 0. The van der Waals surface area contributed by atoms with Crippen LogP contribution in [-0.4, -0.2) is 9.13 Å². The van der Waals surface area contributed by atoms with Gasteiger partial charge in [0.1, 0.15) is 0 Å². The van der Waals surface area contributed by atoms with Crippen LogP contribution in [0.5, 0.6) is 0 Å². The normalized spacial score (nSPS) is 11.9. The molecule has 0 fully saturated rings.